The van der Waals surface area contributed by atoms with Crippen LogP contribution in [0.2, 0.25) is 0 Å². The molecule has 2 aromatic rings. The van der Waals surface area contributed by atoms with Crippen LogP contribution in [-0.4, -0.2) is 18.7 Å². The first-order valence-electron chi connectivity index (χ1n) is 8.36. The fourth-order valence-corrected chi connectivity index (χ4v) is 3.83. The fourth-order valence-electron chi connectivity index (χ4n) is 3.83. The average molecular weight is 321 g/mol. The quantitative estimate of drug-likeness (QED) is 0.794. The van der Waals surface area contributed by atoms with Crippen LogP contribution in [0.4, 0.5) is 5.69 Å². The molecule has 0 N–H and O–H groups in total. The van der Waals surface area contributed by atoms with E-state index in [1.807, 2.05) is 69.3 Å². The van der Waals surface area contributed by atoms with Gasteiger partial charge in [-0.15, -0.1) is 0 Å². The molecule has 0 spiro atoms. The van der Waals surface area contributed by atoms with Crippen LogP contribution in [0.25, 0.3) is 0 Å². The van der Waals surface area contributed by atoms with Gasteiger partial charge in [0.15, 0.2) is 5.78 Å². The van der Waals surface area contributed by atoms with Crippen molar-refractivity contribution in [2.75, 3.05) is 11.9 Å². The van der Waals surface area contributed by atoms with Crippen molar-refractivity contribution in [3.63, 3.8) is 0 Å². The predicted molar refractivity (Wildman–Crippen MR) is 96.5 cm³/mol. The molecule has 0 aromatic heterocycles. The van der Waals surface area contributed by atoms with E-state index in [9.17, 15) is 9.59 Å². The molecule has 1 heterocycles. The largest absolute Gasteiger partial charge is 0.314 e. The van der Waals surface area contributed by atoms with Crippen molar-refractivity contribution >= 4 is 17.4 Å². The third kappa shape index (κ3) is 2.27. The minimum absolute atomic E-state index is 0.0145. The van der Waals surface area contributed by atoms with Gasteiger partial charge in [-0.2, -0.15) is 0 Å². The van der Waals surface area contributed by atoms with E-state index in [2.05, 4.69) is 0 Å². The molecular weight excluding hydrogens is 298 g/mol. The molecule has 2 aromatic carbocycles. The van der Waals surface area contributed by atoms with Gasteiger partial charge in [-0.05, 0) is 30.0 Å². The number of aryl methyl sites for hydroxylation is 1. The van der Waals surface area contributed by atoms with Crippen molar-refractivity contribution in [3.05, 3.63) is 65.2 Å². The molecule has 0 fully saturated rings. The Hall–Kier alpha value is -2.42. The second-order valence-corrected chi connectivity index (χ2v) is 6.92. The van der Waals surface area contributed by atoms with Crippen molar-refractivity contribution in [3.8, 4) is 0 Å². The molecular formula is C21H23NO2. The third-order valence-corrected chi connectivity index (χ3v) is 5.30. The van der Waals surface area contributed by atoms with Crippen LogP contribution in [-0.2, 0) is 10.2 Å². The number of ketones is 1. The first-order chi connectivity index (χ1) is 11.4. The SMILES string of the molecule is Cc1ccccc1C(=O)C[C@]1(C(C)C)C(=O)N(C)c2ccccc21. The van der Waals surface area contributed by atoms with Crippen LogP contribution in [0.3, 0.4) is 0 Å². The highest BCUT2D eigenvalue weighted by Gasteiger charge is 2.52. The van der Waals surface area contributed by atoms with E-state index in [0.717, 1.165) is 16.8 Å². The average Bonchev–Trinajstić information content (AvgIpc) is 2.78. The van der Waals surface area contributed by atoms with E-state index < -0.39 is 5.41 Å². The van der Waals surface area contributed by atoms with Crippen LogP contribution < -0.4 is 4.90 Å². The van der Waals surface area contributed by atoms with E-state index in [-0.39, 0.29) is 24.0 Å². The van der Waals surface area contributed by atoms with E-state index >= 15 is 0 Å². The summed E-state index contributed by atoms with van der Waals surface area (Å²) >= 11 is 0. The molecule has 1 atom stereocenters. The smallest absolute Gasteiger partial charge is 0.238 e. The van der Waals surface area contributed by atoms with Crippen molar-refractivity contribution in [2.24, 2.45) is 5.92 Å². The molecule has 3 heteroatoms. The van der Waals surface area contributed by atoms with Gasteiger partial charge in [0.05, 0.1) is 5.41 Å². The van der Waals surface area contributed by atoms with Gasteiger partial charge in [-0.25, -0.2) is 0 Å². The van der Waals surface area contributed by atoms with Crippen molar-refractivity contribution < 1.29 is 9.59 Å². The molecule has 0 saturated carbocycles. The number of para-hydroxylation sites is 1. The van der Waals surface area contributed by atoms with Crippen LogP contribution in [0.15, 0.2) is 48.5 Å². The lowest BCUT2D eigenvalue weighted by molar-refractivity contribution is -0.124. The summed E-state index contributed by atoms with van der Waals surface area (Å²) in [7, 11) is 1.80. The maximum Gasteiger partial charge on any atom is 0.238 e. The fraction of sp³-hybridized carbons (Fsp3) is 0.333. The second-order valence-electron chi connectivity index (χ2n) is 6.92. The second kappa shape index (κ2) is 5.90. The number of carbonyl (C=O) groups is 2. The molecule has 0 bridgehead atoms. The van der Waals surface area contributed by atoms with E-state index in [1.54, 1.807) is 11.9 Å². The highest BCUT2D eigenvalue weighted by molar-refractivity contribution is 6.12. The monoisotopic (exact) mass is 321 g/mol. The number of hydrogen-bond donors (Lipinski definition) is 0. The summed E-state index contributed by atoms with van der Waals surface area (Å²) in [5, 5.41) is 0. The zero-order valence-electron chi connectivity index (χ0n) is 14.7. The van der Waals surface area contributed by atoms with Gasteiger partial charge in [-0.1, -0.05) is 56.3 Å². The molecule has 124 valence electrons. The Morgan fingerprint density at radius 1 is 1.08 bits per heavy atom. The first-order valence-corrected chi connectivity index (χ1v) is 8.36. The number of nitrogens with zero attached hydrogens (tertiary/aromatic N) is 1. The molecule has 1 aliphatic heterocycles. The topological polar surface area (TPSA) is 37.4 Å². The summed E-state index contributed by atoms with van der Waals surface area (Å²) in [4.78, 5) is 27.9. The lowest BCUT2D eigenvalue weighted by atomic mass is 9.68. The summed E-state index contributed by atoms with van der Waals surface area (Å²) in [6.45, 7) is 5.99. The van der Waals surface area contributed by atoms with Crippen LogP contribution >= 0.6 is 0 Å². The van der Waals surface area contributed by atoms with Crippen molar-refractivity contribution in [1.82, 2.24) is 0 Å². The summed E-state index contributed by atoms with van der Waals surface area (Å²) in [6, 6.07) is 15.4. The number of benzene rings is 2. The number of carbonyl (C=O) groups excluding carboxylic acids is 2. The molecule has 3 nitrogen and oxygen atoms in total. The zero-order valence-corrected chi connectivity index (χ0v) is 14.7. The number of Topliss-reactive ketones (excluding diaryl/α,β-unsaturated/α-hetero) is 1. The van der Waals surface area contributed by atoms with E-state index in [4.69, 9.17) is 0 Å². The Morgan fingerprint density at radius 2 is 1.71 bits per heavy atom. The summed E-state index contributed by atoms with van der Waals surface area (Å²) < 4.78 is 0. The van der Waals surface area contributed by atoms with Gasteiger partial charge in [0.25, 0.3) is 0 Å². The molecule has 1 amide bonds. The minimum atomic E-state index is -0.787. The van der Waals surface area contributed by atoms with Gasteiger partial charge >= 0.3 is 0 Å². The number of likely N-dealkylation sites (N-methyl/N-ethyl adjacent to an activating group) is 1. The van der Waals surface area contributed by atoms with Crippen LogP contribution in [0.1, 0.15) is 41.8 Å². The Bertz CT molecular complexity index is 809. The lowest BCUT2D eigenvalue weighted by Gasteiger charge is -2.32. The number of hydrogen-bond acceptors (Lipinski definition) is 2. The number of fused-ring (bicyclic) bond motifs is 1. The lowest BCUT2D eigenvalue weighted by Crippen LogP contribution is -2.44. The first kappa shape index (κ1) is 16.4. The van der Waals surface area contributed by atoms with Crippen molar-refractivity contribution in [2.45, 2.75) is 32.6 Å². The van der Waals surface area contributed by atoms with E-state index in [1.165, 1.54) is 0 Å². The Labute approximate surface area is 143 Å². The van der Waals surface area contributed by atoms with Gasteiger partial charge < -0.3 is 4.90 Å². The third-order valence-electron chi connectivity index (χ3n) is 5.30. The predicted octanol–water partition coefficient (Wildman–Crippen LogP) is 4.14. The number of rotatable bonds is 4. The maximum atomic E-state index is 13.2. The van der Waals surface area contributed by atoms with Crippen molar-refractivity contribution in [1.29, 1.82) is 0 Å². The number of anilines is 1. The maximum absolute atomic E-state index is 13.2. The van der Waals surface area contributed by atoms with Crippen LogP contribution in [0, 0.1) is 12.8 Å². The van der Waals surface area contributed by atoms with Gasteiger partial charge in [0, 0.05) is 24.7 Å². The molecule has 1 aliphatic rings. The normalized spacial score (nSPS) is 19.7. The van der Waals surface area contributed by atoms with Gasteiger partial charge in [0.2, 0.25) is 5.91 Å². The van der Waals surface area contributed by atoms with Crippen LogP contribution in [0.5, 0.6) is 0 Å². The zero-order chi connectivity index (χ0) is 17.5. The van der Waals surface area contributed by atoms with E-state index in [0.29, 0.717) is 5.56 Å². The molecule has 0 radical (unpaired) electrons. The summed E-state index contributed by atoms with van der Waals surface area (Å²) in [6.07, 6.45) is 0.204. The molecule has 0 aliphatic carbocycles. The Kier molecular flexibility index (Phi) is 4.04. The Balaban J connectivity index is 2.10. The minimum Gasteiger partial charge on any atom is -0.314 e. The van der Waals surface area contributed by atoms with Gasteiger partial charge in [-0.3, -0.25) is 9.59 Å². The molecule has 24 heavy (non-hydrogen) atoms. The number of amides is 1. The highest BCUT2D eigenvalue weighted by Crippen LogP contribution is 2.48. The molecule has 0 unspecified atom stereocenters. The summed E-state index contributed by atoms with van der Waals surface area (Å²) in [5.74, 6) is 0.0740. The highest BCUT2D eigenvalue weighted by atomic mass is 16.2. The standard InChI is InChI=1S/C21H23NO2/c1-14(2)21(13-19(23)16-10-6-5-9-15(16)3)17-11-7-8-12-18(17)22(4)20(21)24/h5-12,14H,13H2,1-4H3/t21-/m1/s1. The van der Waals surface area contributed by atoms with Gasteiger partial charge in [0.1, 0.15) is 0 Å². The molecule has 3 rings (SSSR count). The summed E-state index contributed by atoms with van der Waals surface area (Å²) in [5.41, 5.74) is 2.75. The Morgan fingerprint density at radius 3 is 2.38 bits per heavy atom. The molecule has 0 saturated heterocycles.